The topological polar surface area (TPSA) is 32.5 Å². The molecule has 0 spiro atoms. The molecule has 2 N–H and O–H groups in total. The van der Waals surface area contributed by atoms with Crippen molar-refractivity contribution in [3.8, 4) is 0 Å². The summed E-state index contributed by atoms with van der Waals surface area (Å²) in [6.45, 7) is 10.5. The van der Waals surface area contributed by atoms with Gasteiger partial charge in [-0.15, -0.1) is 0 Å². The molecule has 3 unspecified atom stereocenters. The highest BCUT2D eigenvalue weighted by Crippen LogP contribution is 2.40. The molecular formula is C16H33N3. The number of hydrogen-bond acceptors (Lipinski definition) is 3. The first-order chi connectivity index (χ1) is 9.11. The summed E-state index contributed by atoms with van der Waals surface area (Å²) in [5.74, 6) is 1.88. The van der Waals surface area contributed by atoms with E-state index in [4.69, 9.17) is 5.73 Å². The first kappa shape index (κ1) is 15.3. The fourth-order valence-corrected chi connectivity index (χ4v) is 3.72. The van der Waals surface area contributed by atoms with Crippen molar-refractivity contribution >= 4 is 0 Å². The fourth-order valence-electron chi connectivity index (χ4n) is 3.72. The van der Waals surface area contributed by atoms with Crippen LogP contribution < -0.4 is 5.73 Å². The maximum atomic E-state index is 6.20. The third kappa shape index (κ3) is 3.71. The first-order valence-corrected chi connectivity index (χ1v) is 8.25. The molecule has 19 heavy (non-hydrogen) atoms. The summed E-state index contributed by atoms with van der Waals surface area (Å²) in [5, 5.41) is 0. The minimum Gasteiger partial charge on any atom is -0.329 e. The lowest BCUT2D eigenvalue weighted by atomic mass is 9.88. The summed E-state index contributed by atoms with van der Waals surface area (Å²) in [6.07, 6.45) is 6.53. The Morgan fingerprint density at radius 1 is 1.32 bits per heavy atom. The highest BCUT2D eigenvalue weighted by Gasteiger charge is 2.40. The quantitative estimate of drug-likeness (QED) is 0.800. The van der Waals surface area contributed by atoms with Gasteiger partial charge >= 0.3 is 0 Å². The van der Waals surface area contributed by atoms with E-state index in [0.29, 0.717) is 0 Å². The molecule has 3 heteroatoms. The number of nitrogens with zero attached hydrogens (tertiary/aromatic N) is 2. The molecule has 3 nitrogen and oxygen atoms in total. The summed E-state index contributed by atoms with van der Waals surface area (Å²) >= 11 is 0. The van der Waals surface area contributed by atoms with E-state index in [0.717, 1.165) is 18.4 Å². The molecule has 2 aliphatic rings. The van der Waals surface area contributed by atoms with Crippen LogP contribution in [0.1, 0.15) is 46.0 Å². The average molecular weight is 267 g/mol. The van der Waals surface area contributed by atoms with Crippen molar-refractivity contribution in [1.29, 1.82) is 0 Å². The van der Waals surface area contributed by atoms with E-state index in [1.54, 1.807) is 0 Å². The monoisotopic (exact) mass is 267 g/mol. The predicted octanol–water partition coefficient (Wildman–Crippen LogP) is 2.17. The molecule has 0 radical (unpaired) electrons. The Labute approximate surface area is 119 Å². The standard InChI is InChI=1S/C16H33N3/c1-4-8-19-9-5-6-16(13-17,7-10-19)18(3)12-15-11-14(15)2/h14-15H,4-13,17H2,1-3H3. The van der Waals surface area contributed by atoms with E-state index in [1.165, 1.54) is 58.3 Å². The molecule has 112 valence electrons. The van der Waals surface area contributed by atoms with E-state index in [2.05, 4.69) is 30.7 Å². The molecule has 2 fully saturated rings. The highest BCUT2D eigenvalue weighted by atomic mass is 15.2. The van der Waals surface area contributed by atoms with Gasteiger partial charge in [0.2, 0.25) is 0 Å². The number of nitrogens with two attached hydrogens (primary N) is 1. The summed E-state index contributed by atoms with van der Waals surface area (Å²) < 4.78 is 0. The van der Waals surface area contributed by atoms with E-state index >= 15 is 0 Å². The van der Waals surface area contributed by atoms with Crippen LogP contribution in [0.3, 0.4) is 0 Å². The van der Waals surface area contributed by atoms with Crippen LogP contribution in [0, 0.1) is 11.8 Å². The second-order valence-corrected chi connectivity index (χ2v) is 6.98. The van der Waals surface area contributed by atoms with E-state index in [-0.39, 0.29) is 5.54 Å². The zero-order valence-electron chi connectivity index (χ0n) is 13.2. The van der Waals surface area contributed by atoms with Gasteiger partial charge in [0.25, 0.3) is 0 Å². The number of hydrogen-bond donors (Lipinski definition) is 1. The van der Waals surface area contributed by atoms with Crippen molar-refractivity contribution in [3.05, 3.63) is 0 Å². The van der Waals surface area contributed by atoms with Gasteiger partial charge in [-0.2, -0.15) is 0 Å². The molecule has 1 saturated carbocycles. The maximum Gasteiger partial charge on any atom is 0.0341 e. The van der Waals surface area contributed by atoms with Crippen molar-refractivity contribution in [3.63, 3.8) is 0 Å². The molecule has 3 atom stereocenters. The molecule has 1 heterocycles. The van der Waals surface area contributed by atoms with Crippen LogP contribution in [0.5, 0.6) is 0 Å². The third-order valence-electron chi connectivity index (χ3n) is 5.52. The number of likely N-dealkylation sites (N-methyl/N-ethyl adjacent to an activating group) is 1. The lowest BCUT2D eigenvalue weighted by Gasteiger charge is -2.41. The Balaban J connectivity index is 1.92. The molecular weight excluding hydrogens is 234 g/mol. The van der Waals surface area contributed by atoms with Crippen LogP contribution in [0.4, 0.5) is 0 Å². The molecule has 1 aliphatic carbocycles. The molecule has 1 aliphatic heterocycles. The smallest absolute Gasteiger partial charge is 0.0341 e. The third-order valence-corrected chi connectivity index (χ3v) is 5.52. The molecule has 0 aromatic heterocycles. The fraction of sp³-hybridized carbons (Fsp3) is 1.00. The van der Waals surface area contributed by atoms with Gasteiger partial charge in [0.15, 0.2) is 0 Å². The van der Waals surface area contributed by atoms with Crippen molar-refractivity contribution in [2.75, 3.05) is 39.8 Å². The number of rotatable bonds is 6. The molecule has 0 aromatic rings. The van der Waals surface area contributed by atoms with Crippen molar-refractivity contribution < 1.29 is 0 Å². The van der Waals surface area contributed by atoms with Gasteiger partial charge in [-0.3, -0.25) is 4.90 Å². The Kier molecular flexibility index (Phi) is 5.27. The minimum absolute atomic E-state index is 0.269. The van der Waals surface area contributed by atoms with E-state index < -0.39 is 0 Å². The maximum absolute atomic E-state index is 6.20. The Hall–Kier alpha value is -0.120. The van der Waals surface area contributed by atoms with Crippen LogP contribution in [0.15, 0.2) is 0 Å². The first-order valence-electron chi connectivity index (χ1n) is 8.25. The van der Waals surface area contributed by atoms with Crippen LogP contribution in [0.2, 0.25) is 0 Å². The zero-order chi connectivity index (χ0) is 13.9. The Morgan fingerprint density at radius 3 is 2.63 bits per heavy atom. The lowest BCUT2D eigenvalue weighted by molar-refractivity contribution is 0.100. The van der Waals surface area contributed by atoms with Gasteiger partial charge in [-0.1, -0.05) is 13.8 Å². The van der Waals surface area contributed by atoms with Gasteiger partial charge in [-0.05, 0) is 70.6 Å². The summed E-state index contributed by atoms with van der Waals surface area (Å²) in [5.41, 5.74) is 6.47. The average Bonchev–Trinajstić information content (AvgIpc) is 3.12. The van der Waals surface area contributed by atoms with Crippen LogP contribution in [-0.2, 0) is 0 Å². The molecule has 0 amide bonds. The summed E-state index contributed by atoms with van der Waals surface area (Å²) in [4.78, 5) is 5.24. The van der Waals surface area contributed by atoms with Crippen molar-refractivity contribution in [2.45, 2.75) is 51.5 Å². The molecule has 0 bridgehead atoms. The van der Waals surface area contributed by atoms with Crippen LogP contribution >= 0.6 is 0 Å². The normalized spacial score (nSPS) is 36.5. The zero-order valence-corrected chi connectivity index (χ0v) is 13.2. The van der Waals surface area contributed by atoms with E-state index in [1.807, 2.05) is 0 Å². The largest absolute Gasteiger partial charge is 0.329 e. The van der Waals surface area contributed by atoms with Gasteiger partial charge < -0.3 is 10.6 Å². The van der Waals surface area contributed by atoms with Gasteiger partial charge in [0, 0.05) is 18.6 Å². The second kappa shape index (κ2) is 6.55. The van der Waals surface area contributed by atoms with Gasteiger partial charge in [0.05, 0.1) is 0 Å². The minimum atomic E-state index is 0.269. The second-order valence-electron chi connectivity index (χ2n) is 6.98. The van der Waals surface area contributed by atoms with Crippen molar-refractivity contribution in [2.24, 2.45) is 17.6 Å². The van der Waals surface area contributed by atoms with E-state index in [9.17, 15) is 0 Å². The highest BCUT2D eigenvalue weighted by molar-refractivity contribution is 4.96. The van der Waals surface area contributed by atoms with Crippen LogP contribution in [0.25, 0.3) is 0 Å². The van der Waals surface area contributed by atoms with Crippen molar-refractivity contribution in [1.82, 2.24) is 9.80 Å². The SMILES string of the molecule is CCCN1CCCC(CN)(N(C)CC2CC2C)CC1. The van der Waals surface area contributed by atoms with Crippen LogP contribution in [-0.4, -0.2) is 55.1 Å². The van der Waals surface area contributed by atoms with Gasteiger partial charge in [0.1, 0.15) is 0 Å². The lowest BCUT2D eigenvalue weighted by Crippen LogP contribution is -2.53. The van der Waals surface area contributed by atoms with Gasteiger partial charge in [-0.25, -0.2) is 0 Å². The molecule has 0 aromatic carbocycles. The molecule has 1 saturated heterocycles. The molecule has 2 rings (SSSR count). The number of likely N-dealkylation sites (tertiary alicyclic amines) is 1. The summed E-state index contributed by atoms with van der Waals surface area (Å²) in [7, 11) is 2.31. The Morgan fingerprint density at radius 2 is 2.05 bits per heavy atom. The Bertz CT molecular complexity index is 281. The predicted molar refractivity (Wildman–Crippen MR) is 82.3 cm³/mol. The summed E-state index contributed by atoms with van der Waals surface area (Å²) in [6, 6.07) is 0.